The first-order valence-electron chi connectivity index (χ1n) is 6.52. The molecule has 0 saturated heterocycles. The van der Waals surface area contributed by atoms with Gasteiger partial charge >= 0.3 is 6.18 Å². The summed E-state index contributed by atoms with van der Waals surface area (Å²) in [6, 6.07) is 5.26. The fraction of sp³-hybridized carbons (Fsp3) is 0.308. The van der Waals surface area contributed by atoms with Crippen LogP contribution >= 0.6 is 11.3 Å². The number of nitrogens with zero attached hydrogens (tertiary/aromatic N) is 1. The second-order valence-corrected chi connectivity index (χ2v) is 7.87. The highest BCUT2D eigenvalue weighted by Gasteiger charge is 2.33. The first kappa shape index (κ1) is 17.7. The largest absolute Gasteiger partial charge is 0.419 e. The summed E-state index contributed by atoms with van der Waals surface area (Å²) in [5.41, 5.74) is -0.892. The Hall–Kier alpha value is -1.65. The number of aryl methyl sites for hydroxylation is 1. The lowest BCUT2D eigenvalue weighted by Crippen LogP contribution is -2.29. The highest BCUT2D eigenvalue weighted by atomic mass is 32.2. The van der Waals surface area contributed by atoms with E-state index in [0.717, 1.165) is 22.3 Å². The van der Waals surface area contributed by atoms with Crippen molar-refractivity contribution in [1.82, 2.24) is 9.71 Å². The Morgan fingerprint density at radius 1 is 1.22 bits per heavy atom. The van der Waals surface area contributed by atoms with Gasteiger partial charge in [0.2, 0.25) is 10.0 Å². The number of nitrogens with one attached hydrogen (secondary N) is 2. The molecule has 0 radical (unpaired) electrons. The van der Waals surface area contributed by atoms with Crippen molar-refractivity contribution in [2.75, 3.05) is 18.4 Å². The molecule has 0 aliphatic heterocycles. The van der Waals surface area contributed by atoms with Crippen molar-refractivity contribution in [2.45, 2.75) is 17.3 Å². The molecule has 0 fully saturated rings. The number of hydrogen-bond acceptors (Lipinski definition) is 5. The molecule has 2 aromatic heterocycles. The van der Waals surface area contributed by atoms with Gasteiger partial charge in [0, 0.05) is 24.2 Å². The number of aromatic nitrogens is 1. The quantitative estimate of drug-likeness (QED) is 0.773. The van der Waals surface area contributed by atoms with E-state index in [1.165, 1.54) is 18.3 Å². The molecule has 0 aliphatic rings. The molecule has 2 N–H and O–H groups in total. The van der Waals surface area contributed by atoms with E-state index >= 15 is 0 Å². The number of hydrogen-bond donors (Lipinski definition) is 2. The summed E-state index contributed by atoms with van der Waals surface area (Å²) in [6.45, 7) is 1.70. The molecular weight excluding hydrogens is 351 g/mol. The average Bonchev–Trinajstić information content (AvgIpc) is 2.90. The number of thiophene rings is 1. The molecule has 10 heteroatoms. The van der Waals surface area contributed by atoms with Crippen LogP contribution in [0.4, 0.5) is 19.0 Å². The molecule has 0 atom stereocenters. The molecular formula is C13H14F3N3O2S2. The Morgan fingerprint density at radius 2 is 1.96 bits per heavy atom. The number of anilines is 1. The highest BCUT2D eigenvalue weighted by Crippen LogP contribution is 2.33. The van der Waals surface area contributed by atoms with Gasteiger partial charge in [-0.1, -0.05) is 0 Å². The van der Waals surface area contributed by atoms with Crippen LogP contribution in [0, 0.1) is 6.92 Å². The van der Waals surface area contributed by atoms with E-state index in [2.05, 4.69) is 15.0 Å². The second kappa shape index (κ2) is 6.85. The fourth-order valence-corrected chi connectivity index (χ4v) is 4.13. The highest BCUT2D eigenvalue weighted by molar-refractivity contribution is 7.91. The summed E-state index contributed by atoms with van der Waals surface area (Å²) in [5, 5.41) is 2.49. The van der Waals surface area contributed by atoms with Gasteiger partial charge < -0.3 is 5.32 Å². The minimum absolute atomic E-state index is 0.0241. The van der Waals surface area contributed by atoms with Gasteiger partial charge in [-0.3, -0.25) is 0 Å². The first-order valence-corrected chi connectivity index (χ1v) is 8.82. The zero-order valence-corrected chi connectivity index (χ0v) is 13.6. The van der Waals surface area contributed by atoms with Crippen LogP contribution in [0.25, 0.3) is 0 Å². The smallest absolute Gasteiger partial charge is 0.368 e. The van der Waals surface area contributed by atoms with Crippen LogP contribution in [0.2, 0.25) is 0 Å². The van der Waals surface area contributed by atoms with E-state index in [1.807, 2.05) is 0 Å². The van der Waals surface area contributed by atoms with Crippen LogP contribution in [0.5, 0.6) is 0 Å². The van der Waals surface area contributed by atoms with Crippen molar-refractivity contribution in [3.8, 4) is 0 Å². The van der Waals surface area contributed by atoms with Gasteiger partial charge in [0.05, 0.1) is 5.56 Å². The number of halogens is 3. The maximum absolute atomic E-state index is 12.8. The third kappa shape index (κ3) is 4.66. The molecule has 2 aromatic rings. The van der Waals surface area contributed by atoms with Crippen LogP contribution in [0.1, 0.15) is 10.4 Å². The SMILES string of the molecule is Cc1ccc(S(=O)(=O)NCCNc2ncccc2C(F)(F)F)s1. The molecule has 0 saturated carbocycles. The van der Waals surface area contributed by atoms with E-state index in [9.17, 15) is 21.6 Å². The summed E-state index contributed by atoms with van der Waals surface area (Å²) in [6.07, 6.45) is -3.29. The zero-order valence-electron chi connectivity index (χ0n) is 12.0. The number of rotatable bonds is 6. The van der Waals surface area contributed by atoms with Gasteiger partial charge in [-0.15, -0.1) is 11.3 Å². The molecule has 0 aliphatic carbocycles. The van der Waals surface area contributed by atoms with E-state index in [-0.39, 0.29) is 23.1 Å². The molecule has 2 heterocycles. The monoisotopic (exact) mass is 365 g/mol. The van der Waals surface area contributed by atoms with Crippen LogP contribution in [-0.4, -0.2) is 26.5 Å². The van der Waals surface area contributed by atoms with Gasteiger partial charge in [-0.2, -0.15) is 13.2 Å². The van der Waals surface area contributed by atoms with Crippen molar-refractivity contribution >= 4 is 27.2 Å². The average molecular weight is 365 g/mol. The van der Waals surface area contributed by atoms with Gasteiger partial charge in [-0.05, 0) is 31.2 Å². The van der Waals surface area contributed by atoms with Gasteiger partial charge in [-0.25, -0.2) is 18.1 Å². The molecule has 0 spiro atoms. The summed E-state index contributed by atoms with van der Waals surface area (Å²) in [4.78, 5) is 4.49. The van der Waals surface area contributed by atoms with Gasteiger partial charge in [0.1, 0.15) is 10.0 Å². The topological polar surface area (TPSA) is 71.1 Å². The van der Waals surface area contributed by atoms with Crippen molar-refractivity contribution in [3.63, 3.8) is 0 Å². The molecule has 23 heavy (non-hydrogen) atoms. The summed E-state index contributed by atoms with van der Waals surface area (Å²) in [7, 11) is -3.65. The third-order valence-electron chi connectivity index (χ3n) is 2.80. The minimum Gasteiger partial charge on any atom is -0.368 e. The van der Waals surface area contributed by atoms with Crippen molar-refractivity contribution in [3.05, 3.63) is 40.9 Å². The molecule has 2 rings (SSSR count). The predicted molar refractivity (Wildman–Crippen MR) is 82.0 cm³/mol. The maximum atomic E-state index is 12.8. The Morgan fingerprint density at radius 3 is 2.57 bits per heavy atom. The third-order valence-corrected chi connectivity index (χ3v) is 5.76. The lowest BCUT2D eigenvalue weighted by molar-refractivity contribution is -0.137. The predicted octanol–water partition coefficient (Wildman–Crippen LogP) is 2.86. The Bertz CT molecular complexity index is 773. The Kier molecular flexibility index (Phi) is 5.27. The van der Waals surface area contributed by atoms with E-state index < -0.39 is 21.8 Å². The summed E-state index contributed by atoms with van der Waals surface area (Å²) >= 11 is 1.12. The minimum atomic E-state index is -4.52. The number of alkyl halides is 3. The molecule has 5 nitrogen and oxygen atoms in total. The molecule has 126 valence electrons. The van der Waals surface area contributed by atoms with E-state index in [1.54, 1.807) is 13.0 Å². The van der Waals surface area contributed by atoms with Crippen molar-refractivity contribution in [1.29, 1.82) is 0 Å². The summed E-state index contributed by atoms with van der Waals surface area (Å²) in [5.74, 6) is -0.328. The van der Waals surface area contributed by atoms with Gasteiger partial charge in [0.25, 0.3) is 0 Å². The molecule has 0 bridgehead atoms. The van der Waals surface area contributed by atoms with E-state index in [4.69, 9.17) is 0 Å². The van der Waals surface area contributed by atoms with Crippen LogP contribution < -0.4 is 10.0 Å². The van der Waals surface area contributed by atoms with Gasteiger partial charge in [0.15, 0.2) is 0 Å². The van der Waals surface area contributed by atoms with Crippen molar-refractivity contribution in [2.24, 2.45) is 0 Å². The van der Waals surface area contributed by atoms with Crippen LogP contribution in [0.15, 0.2) is 34.7 Å². The first-order chi connectivity index (χ1) is 10.7. The standard InChI is InChI=1S/C13H14F3N3O2S2/c1-9-4-5-11(22-9)23(20,21)19-8-7-18-12-10(13(14,15)16)3-2-6-17-12/h2-6,19H,7-8H2,1H3,(H,17,18). The lowest BCUT2D eigenvalue weighted by atomic mass is 10.2. The maximum Gasteiger partial charge on any atom is 0.419 e. The Labute approximate surface area is 135 Å². The zero-order chi connectivity index (χ0) is 17.1. The van der Waals surface area contributed by atoms with Crippen molar-refractivity contribution < 1.29 is 21.6 Å². The lowest BCUT2D eigenvalue weighted by Gasteiger charge is -2.13. The normalized spacial score (nSPS) is 12.3. The number of pyridine rings is 1. The molecule has 0 amide bonds. The molecule has 0 unspecified atom stereocenters. The second-order valence-electron chi connectivity index (χ2n) is 4.59. The number of sulfonamides is 1. The van der Waals surface area contributed by atoms with E-state index in [0.29, 0.717) is 0 Å². The van der Waals surface area contributed by atoms with Crippen LogP contribution in [0.3, 0.4) is 0 Å². The molecule has 0 aromatic carbocycles. The summed E-state index contributed by atoms with van der Waals surface area (Å²) < 4.78 is 64.8. The van der Waals surface area contributed by atoms with Crippen LogP contribution in [-0.2, 0) is 16.2 Å². The fourth-order valence-electron chi connectivity index (χ4n) is 1.77. The Balaban J connectivity index is 1.94.